The maximum absolute atomic E-state index is 14.1. The van der Waals surface area contributed by atoms with Crippen LogP contribution < -0.4 is 5.32 Å². The summed E-state index contributed by atoms with van der Waals surface area (Å²) in [6, 6.07) is 19.7. The molecule has 30 heavy (non-hydrogen) atoms. The van der Waals surface area contributed by atoms with E-state index in [4.69, 9.17) is 4.42 Å². The van der Waals surface area contributed by atoms with Crippen LogP contribution in [0.15, 0.2) is 83.1 Å². The molecule has 0 unspecified atom stereocenters. The summed E-state index contributed by atoms with van der Waals surface area (Å²) in [5.74, 6) is -0.163. The van der Waals surface area contributed by atoms with Gasteiger partial charge in [0.1, 0.15) is 23.2 Å². The molecule has 0 atom stereocenters. The van der Waals surface area contributed by atoms with Crippen molar-refractivity contribution in [2.75, 3.05) is 0 Å². The molecule has 0 aliphatic rings. The molecule has 6 heteroatoms. The Balaban J connectivity index is 1.65. The van der Waals surface area contributed by atoms with Gasteiger partial charge < -0.3 is 14.3 Å². The highest BCUT2D eigenvalue weighted by Gasteiger charge is 2.13. The van der Waals surface area contributed by atoms with Crippen molar-refractivity contribution in [3.05, 3.63) is 101 Å². The largest absolute Gasteiger partial charge is 0.467 e. The van der Waals surface area contributed by atoms with E-state index in [9.17, 15) is 14.4 Å². The highest BCUT2D eigenvalue weighted by atomic mass is 19.1. The number of carbonyl (C=O) groups excluding carboxylic acids is 1. The van der Waals surface area contributed by atoms with Crippen LogP contribution in [0.5, 0.6) is 0 Å². The molecule has 0 fully saturated rings. The summed E-state index contributed by atoms with van der Waals surface area (Å²) in [5, 5.41) is 13.1. The van der Waals surface area contributed by atoms with E-state index in [2.05, 4.69) is 5.32 Å². The van der Waals surface area contributed by atoms with Gasteiger partial charge in [-0.2, -0.15) is 5.26 Å². The van der Waals surface area contributed by atoms with Crippen LogP contribution in [0.4, 0.5) is 4.39 Å². The van der Waals surface area contributed by atoms with Gasteiger partial charge in [-0.1, -0.05) is 36.4 Å². The molecule has 4 aromatic rings. The second kappa shape index (κ2) is 8.50. The van der Waals surface area contributed by atoms with Crippen molar-refractivity contribution in [1.82, 2.24) is 9.88 Å². The first kappa shape index (κ1) is 19.2. The number of halogens is 1. The van der Waals surface area contributed by atoms with Crippen LogP contribution in [0.3, 0.4) is 0 Å². The average molecular weight is 399 g/mol. The third-order valence-electron chi connectivity index (χ3n) is 4.79. The van der Waals surface area contributed by atoms with Crippen molar-refractivity contribution >= 4 is 22.9 Å². The van der Waals surface area contributed by atoms with Crippen LogP contribution in [0.2, 0.25) is 0 Å². The molecule has 2 aromatic heterocycles. The molecule has 148 valence electrons. The van der Waals surface area contributed by atoms with Gasteiger partial charge in [0.05, 0.1) is 19.4 Å². The minimum atomic E-state index is -0.486. The predicted octanol–water partition coefficient (Wildman–Crippen LogP) is 4.65. The standard InChI is InChI=1S/C24H18FN3O2/c25-22-9-3-1-6-17(22)15-28-16-19(21-8-2-4-10-23(21)28)12-18(13-26)24(29)27-14-20-7-5-11-30-20/h1-12,16H,14-15H2,(H,27,29)/b18-12-. The molecule has 2 aromatic carbocycles. The molecule has 0 aliphatic carbocycles. The number of benzene rings is 2. The van der Waals surface area contributed by atoms with Gasteiger partial charge in [0.2, 0.25) is 0 Å². The van der Waals surface area contributed by atoms with Crippen molar-refractivity contribution in [2.45, 2.75) is 13.1 Å². The zero-order valence-corrected chi connectivity index (χ0v) is 16.0. The van der Waals surface area contributed by atoms with Gasteiger partial charge in [-0.3, -0.25) is 4.79 Å². The number of hydrogen-bond acceptors (Lipinski definition) is 3. The lowest BCUT2D eigenvalue weighted by molar-refractivity contribution is -0.117. The lowest BCUT2D eigenvalue weighted by atomic mass is 10.1. The van der Waals surface area contributed by atoms with E-state index in [1.807, 2.05) is 41.1 Å². The summed E-state index contributed by atoms with van der Waals surface area (Å²) in [4.78, 5) is 12.5. The summed E-state index contributed by atoms with van der Waals surface area (Å²) < 4.78 is 21.2. The number of nitrogens with one attached hydrogen (secondary N) is 1. The molecule has 0 saturated carbocycles. The molecule has 1 amide bonds. The number of furan rings is 1. The Morgan fingerprint density at radius 3 is 2.70 bits per heavy atom. The van der Waals surface area contributed by atoms with Gasteiger partial charge in [0.15, 0.2) is 0 Å². The van der Waals surface area contributed by atoms with Gasteiger partial charge in [-0.15, -0.1) is 0 Å². The lowest BCUT2D eigenvalue weighted by Gasteiger charge is -2.06. The van der Waals surface area contributed by atoms with Crippen molar-refractivity contribution in [3.63, 3.8) is 0 Å². The predicted molar refractivity (Wildman–Crippen MR) is 112 cm³/mol. The summed E-state index contributed by atoms with van der Waals surface area (Å²) in [7, 11) is 0. The molecule has 1 N–H and O–H groups in total. The lowest BCUT2D eigenvalue weighted by Crippen LogP contribution is -2.23. The number of nitrogens with zero attached hydrogens (tertiary/aromatic N) is 2. The normalized spacial score (nSPS) is 11.4. The molecule has 4 rings (SSSR count). The SMILES string of the molecule is N#C/C(=C/c1cn(Cc2ccccc2F)c2ccccc12)C(=O)NCc1ccco1. The summed E-state index contributed by atoms with van der Waals surface area (Å²) >= 11 is 0. The minimum Gasteiger partial charge on any atom is -0.467 e. The fourth-order valence-corrected chi connectivity index (χ4v) is 3.31. The molecule has 0 bridgehead atoms. The van der Waals surface area contributed by atoms with Crippen LogP contribution in [-0.2, 0) is 17.9 Å². The number of hydrogen-bond donors (Lipinski definition) is 1. The number of fused-ring (bicyclic) bond motifs is 1. The molecule has 2 heterocycles. The van der Waals surface area contributed by atoms with E-state index in [0.29, 0.717) is 23.4 Å². The zero-order valence-electron chi connectivity index (χ0n) is 16.0. The summed E-state index contributed by atoms with van der Waals surface area (Å²) in [5.41, 5.74) is 2.15. The molecule has 0 saturated heterocycles. The van der Waals surface area contributed by atoms with Crippen LogP contribution in [0.25, 0.3) is 17.0 Å². The van der Waals surface area contributed by atoms with Crippen molar-refractivity contribution in [1.29, 1.82) is 5.26 Å². The Kier molecular flexibility index (Phi) is 5.44. The highest BCUT2D eigenvalue weighted by Crippen LogP contribution is 2.25. The van der Waals surface area contributed by atoms with Gasteiger partial charge in [-0.25, -0.2) is 4.39 Å². The number of carbonyl (C=O) groups is 1. The van der Waals surface area contributed by atoms with E-state index in [1.54, 1.807) is 36.4 Å². The van der Waals surface area contributed by atoms with Crippen molar-refractivity contribution in [2.24, 2.45) is 0 Å². The van der Waals surface area contributed by atoms with Crippen molar-refractivity contribution < 1.29 is 13.6 Å². The maximum atomic E-state index is 14.1. The monoisotopic (exact) mass is 399 g/mol. The first-order valence-corrected chi connectivity index (χ1v) is 9.39. The smallest absolute Gasteiger partial charge is 0.262 e. The molecule has 5 nitrogen and oxygen atoms in total. The van der Waals surface area contributed by atoms with E-state index in [0.717, 1.165) is 10.9 Å². The second-order valence-electron chi connectivity index (χ2n) is 6.75. The van der Waals surface area contributed by atoms with E-state index < -0.39 is 5.91 Å². The van der Waals surface area contributed by atoms with E-state index >= 15 is 0 Å². The Morgan fingerprint density at radius 2 is 1.93 bits per heavy atom. The van der Waals surface area contributed by atoms with Gasteiger partial charge >= 0.3 is 0 Å². The van der Waals surface area contributed by atoms with E-state index in [1.165, 1.54) is 12.3 Å². The zero-order chi connectivity index (χ0) is 20.9. The first-order valence-electron chi connectivity index (χ1n) is 9.39. The van der Waals surface area contributed by atoms with Gasteiger partial charge in [0.25, 0.3) is 5.91 Å². The number of nitriles is 1. The number of rotatable bonds is 6. The topological polar surface area (TPSA) is 71.0 Å². The average Bonchev–Trinajstić information content (AvgIpc) is 3.40. The third kappa shape index (κ3) is 4.01. The number of para-hydroxylation sites is 1. The molecular formula is C24H18FN3O2. The van der Waals surface area contributed by atoms with Crippen LogP contribution in [-0.4, -0.2) is 10.5 Å². The Bertz CT molecular complexity index is 1260. The maximum Gasteiger partial charge on any atom is 0.262 e. The van der Waals surface area contributed by atoms with Gasteiger partial charge in [0, 0.05) is 28.2 Å². The molecule has 0 aliphatic heterocycles. The summed E-state index contributed by atoms with van der Waals surface area (Å²) in [6.07, 6.45) is 4.90. The Morgan fingerprint density at radius 1 is 1.13 bits per heavy atom. The van der Waals surface area contributed by atoms with Crippen LogP contribution in [0.1, 0.15) is 16.9 Å². The third-order valence-corrected chi connectivity index (χ3v) is 4.79. The Hall–Kier alpha value is -4.11. The molecule has 0 spiro atoms. The molecular weight excluding hydrogens is 381 g/mol. The highest BCUT2D eigenvalue weighted by molar-refractivity contribution is 6.04. The fourth-order valence-electron chi connectivity index (χ4n) is 3.31. The quantitative estimate of drug-likeness (QED) is 0.379. The fraction of sp³-hybridized carbons (Fsp3) is 0.0833. The van der Waals surface area contributed by atoms with Crippen LogP contribution in [0, 0.1) is 17.1 Å². The first-order chi connectivity index (χ1) is 14.7. The minimum absolute atomic E-state index is 0.0182. The van der Waals surface area contributed by atoms with E-state index in [-0.39, 0.29) is 17.9 Å². The number of amides is 1. The van der Waals surface area contributed by atoms with Crippen molar-refractivity contribution in [3.8, 4) is 6.07 Å². The summed E-state index contributed by atoms with van der Waals surface area (Å²) in [6.45, 7) is 0.535. The van der Waals surface area contributed by atoms with Gasteiger partial charge in [-0.05, 0) is 30.3 Å². The van der Waals surface area contributed by atoms with Crippen LogP contribution >= 0.6 is 0 Å². The Labute approximate surface area is 172 Å². The second-order valence-corrected chi connectivity index (χ2v) is 6.75. The molecule has 0 radical (unpaired) electrons. The number of aromatic nitrogens is 1.